The van der Waals surface area contributed by atoms with E-state index in [2.05, 4.69) is 15.5 Å². The van der Waals surface area contributed by atoms with Crippen LogP contribution < -0.4 is 14.8 Å². The number of nitrogens with one attached hydrogen (secondary N) is 2. The first kappa shape index (κ1) is 17.0. The van der Waals surface area contributed by atoms with Gasteiger partial charge in [-0.3, -0.25) is 9.89 Å². The number of H-pyrrole nitrogens is 1. The van der Waals surface area contributed by atoms with Gasteiger partial charge in [-0.2, -0.15) is 5.10 Å². The van der Waals surface area contributed by atoms with Crippen LogP contribution in [-0.4, -0.2) is 34.9 Å². The molecular formula is C20H19N3O4. The molecule has 1 amide bonds. The molecule has 138 valence electrons. The van der Waals surface area contributed by atoms with E-state index in [1.165, 1.54) is 7.11 Å². The summed E-state index contributed by atoms with van der Waals surface area (Å²) in [5.74, 6) is 0.959. The summed E-state index contributed by atoms with van der Waals surface area (Å²) in [7, 11) is 1.49. The molecule has 3 N–H and O–H groups in total. The van der Waals surface area contributed by atoms with E-state index in [9.17, 15) is 9.90 Å². The quantitative estimate of drug-likeness (QED) is 0.646. The van der Waals surface area contributed by atoms with Gasteiger partial charge in [-0.15, -0.1) is 0 Å². The molecule has 1 aliphatic rings. The molecule has 3 aromatic rings. The first-order valence-corrected chi connectivity index (χ1v) is 8.61. The molecule has 7 heteroatoms. The number of aromatic hydroxyl groups is 1. The number of aromatic nitrogens is 2. The first-order valence-electron chi connectivity index (χ1n) is 8.61. The maximum absolute atomic E-state index is 12.4. The van der Waals surface area contributed by atoms with Crippen molar-refractivity contribution in [3.05, 3.63) is 59.3 Å². The van der Waals surface area contributed by atoms with Crippen molar-refractivity contribution in [1.82, 2.24) is 15.5 Å². The number of amides is 1. The molecule has 2 aromatic carbocycles. The van der Waals surface area contributed by atoms with Crippen LogP contribution in [0, 0.1) is 0 Å². The highest BCUT2D eigenvalue weighted by Gasteiger charge is 2.35. The largest absolute Gasteiger partial charge is 0.504 e. The van der Waals surface area contributed by atoms with Crippen molar-refractivity contribution >= 4 is 5.91 Å². The standard InChI is InChI=1S/C20H19N3O4/c1-3-27-13-7-4-11(5-8-13)18-16-17(21-20(25)19(16)23-22-18)12-6-9-14(24)15(10-12)26-2/h4-10,17,24H,3H2,1-2H3,(H,21,25)(H,22,23)/t17-/m1/s1. The van der Waals surface area contributed by atoms with Crippen LogP contribution in [0.2, 0.25) is 0 Å². The van der Waals surface area contributed by atoms with Gasteiger partial charge in [0.05, 0.1) is 25.5 Å². The fraction of sp³-hybridized carbons (Fsp3) is 0.200. The fourth-order valence-corrected chi connectivity index (χ4v) is 3.30. The number of hydrogen-bond acceptors (Lipinski definition) is 5. The summed E-state index contributed by atoms with van der Waals surface area (Å²) in [6.45, 7) is 2.53. The lowest BCUT2D eigenvalue weighted by Gasteiger charge is -2.15. The molecule has 0 unspecified atom stereocenters. The van der Waals surface area contributed by atoms with Gasteiger partial charge in [0, 0.05) is 11.1 Å². The zero-order valence-corrected chi connectivity index (χ0v) is 14.9. The summed E-state index contributed by atoms with van der Waals surface area (Å²) in [6, 6.07) is 12.2. The fourth-order valence-electron chi connectivity index (χ4n) is 3.30. The van der Waals surface area contributed by atoms with E-state index in [4.69, 9.17) is 9.47 Å². The van der Waals surface area contributed by atoms with Gasteiger partial charge >= 0.3 is 0 Å². The number of carbonyl (C=O) groups is 1. The Morgan fingerprint density at radius 1 is 1.19 bits per heavy atom. The van der Waals surface area contributed by atoms with Gasteiger partial charge in [0.2, 0.25) is 0 Å². The van der Waals surface area contributed by atoms with Gasteiger partial charge in [-0.25, -0.2) is 0 Å². The summed E-state index contributed by atoms with van der Waals surface area (Å²) in [5, 5.41) is 20.0. The molecule has 0 saturated carbocycles. The Kier molecular flexibility index (Phi) is 4.19. The topological polar surface area (TPSA) is 96.5 Å². The summed E-state index contributed by atoms with van der Waals surface area (Å²) < 4.78 is 10.7. The summed E-state index contributed by atoms with van der Waals surface area (Å²) in [4.78, 5) is 12.4. The number of carbonyl (C=O) groups excluding carboxylic acids is 1. The van der Waals surface area contributed by atoms with E-state index in [0.717, 1.165) is 22.4 Å². The molecule has 27 heavy (non-hydrogen) atoms. The number of fused-ring (bicyclic) bond motifs is 1. The van der Waals surface area contributed by atoms with Gasteiger partial charge in [0.25, 0.3) is 5.91 Å². The third-order valence-electron chi connectivity index (χ3n) is 4.57. The average molecular weight is 365 g/mol. The van der Waals surface area contributed by atoms with Gasteiger partial charge < -0.3 is 19.9 Å². The minimum atomic E-state index is -0.387. The van der Waals surface area contributed by atoms with Crippen LogP contribution in [0.25, 0.3) is 11.3 Å². The highest BCUT2D eigenvalue weighted by Crippen LogP contribution is 2.39. The average Bonchev–Trinajstić information content (AvgIpc) is 3.25. The number of nitrogens with zero attached hydrogens (tertiary/aromatic N) is 1. The van der Waals surface area contributed by atoms with Gasteiger partial charge in [-0.05, 0) is 48.9 Å². The molecule has 0 fully saturated rings. The number of benzene rings is 2. The summed E-state index contributed by atoms with van der Waals surface area (Å²) >= 11 is 0. The van der Waals surface area contributed by atoms with Crippen molar-refractivity contribution in [1.29, 1.82) is 0 Å². The maximum Gasteiger partial charge on any atom is 0.270 e. The SMILES string of the molecule is CCOc1ccc(-c2n[nH]c3c2[C@@H](c2ccc(O)c(OC)c2)NC3=O)cc1. The Morgan fingerprint density at radius 3 is 2.67 bits per heavy atom. The molecule has 1 atom stereocenters. The van der Waals surface area contributed by atoms with Crippen molar-refractivity contribution in [3.63, 3.8) is 0 Å². The molecule has 1 aliphatic heterocycles. The molecule has 0 radical (unpaired) electrons. The molecule has 0 spiro atoms. The summed E-state index contributed by atoms with van der Waals surface area (Å²) in [5.41, 5.74) is 3.59. The molecular weight excluding hydrogens is 346 g/mol. The number of ether oxygens (including phenoxy) is 2. The highest BCUT2D eigenvalue weighted by atomic mass is 16.5. The third-order valence-corrected chi connectivity index (χ3v) is 4.57. The van der Waals surface area contributed by atoms with E-state index in [0.29, 0.717) is 23.7 Å². The van der Waals surface area contributed by atoms with Crippen LogP contribution in [0.4, 0.5) is 0 Å². The lowest BCUT2D eigenvalue weighted by atomic mass is 9.96. The van der Waals surface area contributed by atoms with Crippen molar-refractivity contribution in [3.8, 4) is 28.5 Å². The lowest BCUT2D eigenvalue weighted by molar-refractivity contribution is 0.0955. The number of hydrogen-bond donors (Lipinski definition) is 3. The zero-order valence-electron chi connectivity index (χ0n) is 14.9. The van der Waals surface area contributed by atoms with Crippen LogP contribution in [-0.2, 0) is 0 Å². The number of rotatable bonds is 5. The normalized spacial score (nSPS) is 15.3. The molecule has 1 aromatic heterocycles. The van der Waals surface area contributed by atoms with E-state index >= 15 is 0 Å². The van der Waals surface area contributed by atoms with Crippen LogP contribution in [0.1, 0.15) is 34.6 Å². The number of phenolic OH excluding ortho intramolecular Hbond substituents is 1. The van der Waals surface area contributed by atoms with E-state index in [1.54, 1.807) is 18.2 Å². The molecule has 7 nitrogen and oxygen atoms in total. The second-order valence-corrected chi connectivity index (χ2v) is 6.16. The Hall–Kier alpha value is -3.48. The van der Waals surface area contributed by atoms with Gasteiger partial charge in [-0.1, -0.05) is 6.07 Å². The van der Waals surface area contributed by atoms with Crippen LogP contribution in [0.15, 0.2) is 42.5 Å². The van der Waals surface area contributed by atoms with Gasteiger partial charge in [0.1, 0.15) is 11.4 Å². The number of phenols is 1. The monoisotopic (exact) mass is 365 g/mol. The van der Waals surface area contributed by atoms with Crippen LogP contribution in [0.3, 0.4) is 0 Å². The highest BCUT2D eigenvalue weighted by molar-refractivity contribution is 6.00. The molecule has 0 aliphatic carbocycles. The van der Waals surface area contributed by atoms with Crippen molar-refractivity contribution in [2.75, 3.05) is 13.7 Å². The van der Waals surface area contributed by atoms with E-state index < -0.39 is 0 Å². The third kappa shape index (κ3) is 2.87. The minimum Gasteiger partial charge on any atom is -0.504 e. The van der Waals surface area contributed by atoms with Crippen molar-refractivity contribution in [2.24, 2.45) is 0 Å². The van der Waals surface area contributed by atoms with E-state index in [-0.39, 0.29) is 17.7 Å². The lowest BCUT2D eigenvalue weighted by Crippen LogP contribution is -2.21. The molecule has 0 saturated heterocycles. The van der Waals surface area contributed by atoms with E-state index in [1.807, 2.05) is 31.2 Å². The first-order chi connectivity index (χ1) is 13.1. The Morgan fingerprint density at radius 2 is 1.96 bits per heavy atom. The van der Waals surface area contributed by atoms with Crippen molar-refractivity contribution in [2.45, 2.75) is 13.0 Å². The number of aromatic amines is 1. The maximum atomic E-state index is 12.4. The van der Waals surface area contributed by atoms with Crippen molar-refractivity contribution < 1.29 is 19.4 Å². The Balaban J connectivity index is 1.77. The predicted octanol–water partition coefficient (Wildman–Crippen LogP) is 3.02. The molecule has 4 rings (SSSR count). The predicted molar refractivity (Wildman–Crippen MR) is 99.2 cm³/mol. The zero-order chi connectivity index (χ0) is 19.0. The van der Waals surface area contributed by atoms with Crippen LogP contribution >= 0.6 is 0 Å². The number of methoxy groups -OCH3 is 1. The summed E-state index contributed by atoms with van der Waals surface area (Å²) in [6.07, 6.45) is 0. The molecule has 0 bridgehead atoms. The molecule has 2 heterocycles. The minimum absolute atomic E-state index is 0.0460. The second-order valence-electron chi connectivity index (χ2n) is 6.16. The van der Waals surface area contributed by atoms with Gasteiger partial charge in [0.15, 0.2) is 11.5 Å². The Labute approximate surface area is 155 Å². The smallest absolute Gasteiger partial charge is 0.270 e. The second kappa shape index (κ2) is 6.68. The Bertz CT molecular complexity index is 995. The van der Waals surface area contributed by atoms with Crippen LogP contribution in [0.5, 0.6) is 17.2 Å².